The van der Waals surface area contributed by atoms with Crippen LogP contribution < -0.4 is 10.6 Å². The van der Waals surface area contributed by atoms with Crippen LogP contribution in [0.4, 0.5) is 14.5 Å². The fraction of sp³-hybridized carbons (Fsp3) is 0.385. The van der Waals surface area contributed by atoms with Gasteiger partial charge in [0.05, 0.1) is 24.4 Å². The zero-order chi connectivity index (χ0) is 14.7. The van der Waals surface area contributed by atoms with Gasteiger partial charge in [-0.1, -0.05) is 0 Å². The van der Waals surface area contributed by atoms with Gasteiger partial charge in [-0.15, -0.1) is 0 Å². The predicted octanol–water partition coefficient (Wildman–Crippen LogP) is 1.44. The van der Waals surface area contributed by atoms with E-state index in [-0.39, 0.29) is 5.69 Å². The molecule has 1 amide bonds. The Morgan fingerprint density at radius 2 is 2.10 bits per heavy atom. The van der Waals surface area contributed by atoms with Crippen molar-refractivity contribution >= 4 is 17.6 Å². The second-order valence-electron chi connectivity index (χ2n) is 4.44. The summed E-state index contributed by atoms with van der Waals surface area (Å²) in [5, 5.41) is 5.30. The Morgan fingerprint density at radius 1 is 1.35 bits per heavy atom. The van der Waals surface area contributed by atoms with Crippen LogP contribution in [0.1, 0.15) is 23.2 Å². The lowest BCUT2D eigenvalue weighted by atomic mass is 10.1. The van der Waals surface area contributed by atoms with Crippen LogP contribution in [0.25, 0.3) is 0 Å². The van der Waals surface area contributed by atoms with Gasteiger partial charge >= 0.3 is 5.97 Å². The number of halogens is 2. The van der Waals surface area contributed by atoms with E-state index in [0.29, 0.717) is 12.5 Å². The van der Waals surface area contributed by atoms with E-state index < -0.39 is 35.1 Å². The number of carbonyl (C=O) groups excluding carboxylic acids is 2. The Bertz CT molecular complexity index is 543. The summed E-state index contributed by atoms with van der Waals surface area (Å²) in [5.74, 6) is -3.33. The van der Waals surface area contributed by atoms with Crippen molar-refractivity contribution < 1.29 is 23.1 Å². The number of amides is 1. The van der Waals surface area contributed by atoms with Crippen molar-refractivity contribution in [2.24, 2.45) is 0 Å². The molecule has 0 aliphatic carbocycles. The van der Waals surface area contributed by atoms with Crippen LogP contribution in [0.2, 0.25) is 0 Å². The average molecular weight is 284 g/mol. The van der Waals surface area contributed by atoms with Crippen LogP contribution in [0, 0.1) is 11.6 Å². The minimum absolute atomic E-state index is 0.245. The molecule has 1 fully saturated rings. The van der Waals surface area contributed by atoms with E-state index >= 15 is 0 Å². The number of anilines is 1. The molecule has 2 N–H and O–H groups in total. The van der Waals surface area contributed by atoms with Crippen LogP contribution in [0.15, 0.2) is 12.1 Å². The number of esters is 1. The molecule has 0 unspecified atom stereocenters. The zero-order valence-electron chi connectivity index (χ0n) is 10.8. The van der Waals surface area contributed by atoms with Crippen molar-refractivity contribution in [3.05, 3.63) is 29.3 Å². The highest BCUT2D eigenvalue weighted by molar-refractivity contribution is 5.97. The van der Waals surface area contributed by atoms with Gasteiger partial charge in [0.2, 0.25) is 5.91 Å². The highest BCUT2D eigenvalue weighted by Gasteiger charge is 2.24. The molecular formula is C13H14F2N2O3. The molecule has 1 saturated heterocycles. The summed E-state index contributed by atoms with van der Waals surface area (Å²) < 4.78 is 31.4. The molecule has 7 heteroatoms. The maximum atomic E-state index is 13.6. The number of ether oxygens (including phenoxy) is 1. The number of nitrogens with one attached hydrogen (secondary N) is 2. The van der Waals surface area contributed by atoms with Crippen molar-refractivity contribution in [3.63, 3.8) is 0 Å². The second-order valence-corrected chi connectivity index (χ2v) is 4.44. The molecule has 1 atom stereocenters. The van der Waals surface area contributed by atoms with Gasteiger partial charge in [-0.3, -0.25) is 4.79 Å². The summed E-state index contributed by atoms with van der Waals surface area (Å²) in [6, 6.07) is 1.08. The van der Waals surface area contributed by atoms with Crippen molar-refractivity contribution in [2.75, 3.05) is 19.0 Å². The van der Waals surface area contributed by atoms with Gasteiger partial charge in [0.1, 0.15) is 11.6 Å². The zero-order valence-corrected chi connectivity index (χ0v) is 10.8. The first kappa shape index (κ1) is 14.4. The smallest absolute Gasteiger partial charge is 0.340 e. The normalized spacial score (nSPS) is 17.9. The SMILES string of the molecule is COC(=O)c1cc(NC(=O)[C@@H]2CCCN2)c(F)cc1F. The molecule has 0 saturated carbocycles. The van der Waals surface area contributed by atoms with Crippen LogP contribution in [0.3, 0.4) is 0 Å². The third-order valence-corrected chi connectivity index (χ3v) is 3.10. The van der Waals surface area contributed by atoms with Crippen LogP contribution in [-0.2, 0) is 9.53 Å². The molecule has 2 rings (SSSR count). The molecule has 1 aromatic carbocycles. The van der Waals surface area contributed by atoms with E-state index in [4.69, 9.17) is 0 Å². The number of hydrogen-bond acceptors (Lipinski definition) is 4. The molecule has 0 aromatic heterocycles. The summed E-state index contributed by atoms with van der Waals surface area (Å²) in [6.07, 6.45) is 1.51. The molecule has 108 valence electrons. The molecule has 1 heterocycles. The van der Waals surface area contributed by atoms with Gasteiger partial charge in [-0.25, -0.2) is 13.6 Å². The quantitative estimate of drug-likeness (QED) is 0.824. The Hall–Kier alpha value is -2.02. The Morgan fingerprint density at radius 3 is 2.70 bits per heavy atom. The highest BCUT2D eigenvalue weighted by Crippen LogP contribution is 2.21. The maximum Gasteiger partial charge on any atom is 0.340 e. The van der Waals surface area contributed by atoms with Gasteiger partial charge in [-0.2, -0.15) is 0 Å². The van der Waals surface area contributed by atoms with Gasteiger partial charge < -0.3 is 15.4 Å². The average Bonchev–Trinajstić information content (AvgIpc) is 2.95. The monoisotopic (exact) mass is 284 g/mol. The Kier molecular flexibility index (Phi) is 4.29. The van der Waals surface area contributed by atoms with Gasteiger partial charge in [-0.05, 0) is 25.5 Å². The maximum absolute atomic E-state index is 13.6. The summed E-state index contributed by atoms with van der Waals surface area (Å²) in [5.41, 5.74) is -0.672. The van der Waals surface area contributed by atoms with Crippen LogP contribution in [-0.4, -0.2) is 31.6 Å². The topological polar surface area (TPSA) is 67.4 Å². The summed E-state index contributed by atoms with van der Waals surface area (Å²) in [7, 11) is 1.09. The van der Waals surface area contributed by atoms with E-state index in [2.05, 4.69) is 15.4 Å². The van der Waals surface area contributed by atoms with E-state index in [0.717, 1.165) is 26.1 Å². The lowest BCUT2D eigenvalue weighted by Crippen LogP contribution is -2.35. The molecule has 20 heavy (non-hydrogen) atoms. The first-order chi connectivity index (χ1) is 9.52. The molecule has 1 aliphatic heterocycles. The number of methoxy groups -OCH3 is 1. The number of carbonyl (C=O) groups is 2. The van der Waals surface area contributed by atoms with E-state index in [1.807, 2.05) is 0 Å². The first-order valence-electron chi connectivity index (χ1n) is 6.14. The second kappa shape index (κ2) is 5.96. The summed E-state index contributed by atoms with van der Waals surface area (Å²) in [4.78, 5) is 23.2. The molecule has 0 bridgehead atoms. The predicted molar refractivity (Wildman–Crippen MR) is 67.4 cm³/mol. The molecule has 1 aliphatic rings. The van der Waals surface area contributed by atoms with Gasteiger partial charge in [0.15, 0.2) is 0 Å². The lowest BCUT2D eigenvalue weighted by molar-refractivity contribution is -0.117. The van der Waals surface area contributed by atoms with Crippen molar-refractivity contribution in [1.29, 1.82) is 0 Å². The number of hydrogen-bond donors (Lipinski definition) is 2. The van der Waals surface area contributed by atoms with E-state index in [9.17, 15) is 18.4 Å². The summed E-state index contributed by atoms with van der Waals surface area (Å²) in [6.45, 7) is 0.720. The Labute approximate surface area is 114 Å². The minimum atomic E-state index is -1.04. The molecule has 0 radical (unpaired) electrons. The molecule has 5 nitrogen and oxygen atoms in total. The largest absolute Gasteiger partial charge is 0.465 e. The third kappa shape index (κ3) is 2.93. The fourth-order valence-electron chi connectivity index (χ4n) is 2.04. The first-order valence-corrected chi connectivity index (χ1v) is 6.14. The van der Waals surface area contributed by atoms with Gasteiger partial charge in [0.25, 0.3) is 0 Å². The fourth-order valence-corrected chi connectivity index (χ4v) is 2.04. The molecular weight excluding hydrogens is 270 g/mol. The summed E-state index contributed by atoms with van der Waals surface area (Å²) >= 11 is 0. The molecule has 0 spiro atoms. The van der Waals surface area contributed by atoms with Crippen molar-refractivity contribution in [1.82, 2.24) is 5.32 Å². The van der Waals surface area contributed by atoms with E-state index in [1.165, 1.54) is 0 Å². The number of benzene rings is 1. The highest BCUT2D eigenvalue weighted by atomic mass is 19.1. The lowest BCUT2D eigenvalue weighted by Gasteiger charge is -2.12. The number of rotatable bonds is 3. The van der Waals surface area contributed by atoms with E-state index in [1.54, 1.807) is 0 Å². The van der Waals surface area contributed by atoms with Crippen molar-refractivity contribution in [3.8, 4) is 0 Å². The van der Waals surface area contributed by atoms with Crippen molar-refractivity contribution in [2.45, 2.75) is 18.9 Å². The third-order valence-electron chi connectivity index (χ3n) is 3.10. The minimum Gasteiger partial charge on any atom is -0.465 e. The van der Waals surface area contributed by atoms with Gasteiger partial charge in [0, 0.05) is 6.07 Å². The van der Waals surface area contributed by atoms with Crippen LogP contribution >= 0.6 is 0 Å². The standard InChI is InChI=1S/C13H14F2N2O3/c1-20-13(19)7-5-11(9(15)6-8(7)14)17-12(18)10-3-2-4-16-10/h5-6,10,16H,2-4H2,1H3,(H,17,18)/t10-/m0/s1. The Balaban J connectivity index is 2.22. The molecule has 1 aromatic rings. The van der Waals surface area contributed by atoms with Crippen LogP contribution in [0.5, 0.6) is 0 Å².